The van der Waals surface area contributed by atoms with Crippen molar-refractivity contribution in [3.05, 3.63) is 38.3 Å². The molecule has 1 aromatic carbocycles. The molecule has 3 rings (SSSR count). The maximum atomic E-state index is 12.4. The van der Waals surface area contributed by atoms with Gasteiger partial charge in [0.15, 0.2) is 3.95 Å². The van der Waals surface area contributed by atoms with Gasteiger partial charge in [0.25, 0.3) is 0 Å². The lowest BCUT2D eigenvalue weighted by molar-refractivity contribution is -0.117. The largest absolute Gasteiger partial charge is 0.324 e. The van der Waals surface area contributed by atoms with Crippen molar-refractivity contribution in [1.82, 2.24) is 19.6 Å². The molecule has 1 aliphatic rings. The lowest BCUT2D eigenvalue weighted by atomic mass is 10.1. The van der Waals surface area contributed by atoms with Gasteiger partial charge in [0.05, 0.1) is 13.2 Å². The third-order valence-electron chi connectivity index (χ3n) is 4.62. The Morgan fingerprint density at radius 1 is 1.15 bits per heavy atom. The maximum Gasteiger partial charge on any atom is 0.238 e. The summed E-state index contributed by atoms with van der Waals surface area (Å²) in [5, 5.41) is 8.51. The van der Waals surface area contributed by atoms with Gasteiger partial charge >= 0.3 is 0 Å². The van der Waals surface area contributed by atoms with Gasteiger partial charge in [0.2, 0.25) is 5.91 Å². The molecule has 1 aliphatic heterocycles. The number of rotatable bonds is 5. The third-order valence-corrected chi connectivity index (χ3v) is 5.84. The van der Waals surface area contributed by atoms with E-state index in [0.717, 1.165) is 58.6 Å². The first-order valence-electron chi connectivity index (χ1n) is 8.77. The van der Waals surface area contributed by atoms with Crippen LogP contribution in [0.4, 0.5) is 5.69 Å². The van der Waals surface area contributed by atoms with Crippen LogP contribution < -0.4 is 5.32 Å². The van der Waals surface area contributed by atoms with Gasteiger partial charge in [-0.1, -0.05) is 29.5 Å². The van der Waals surface area contributed by atoms with Crippen molar-refractivity contribution in [1.29, 1.82) is 0 Å². The molecule has 1 amide bonds. The number of aromatic nitrogens is 2. The zero-order valence-electron chi connectivity index (χ0n) is 15.5. The van der Waals surface area contributed by atoms with Gasteiger partial charge in [-0.25, -0.2) is 4.68 Å². The number of carbonyl (C=O) groups excluding carboxylic acids is 1. The molecule has 0 atom stereocenters. The average Bonchev–Trinajstić information content (AvgIpc) is 2.90. The van der Waals surface area contributed by atoms with Gasteiger partial charge in [0.1, 0.15) is 5.01 Å². The fourth-order valence-corrected chi connectivity index (χ4v) is 4.23. The lowest BCUT2D eigenvalue weighted by Crippen LogP contribution is -2.49. The summed E-state index contributed by atoms with van der Waals surface area (Å²) in [4.78, 5) is 16.9. The monoisotopic (exact) mass is 391 g/mol. The van der Waals surface area contributed by atoms with E-state index >= 15 is 0 Å². The van der Waals surface area contributed by atoms with Crippen LogP contribution in [0.2, 0.25) is 0 Å². The van der Waals surface area contributed by atoms with Crippen LogP contribution in [-0.4, -0.2) is 58.2 Å². The summed E-state index contributed by atoms with van der Waals surface area (Å²) in [6.07, 6.45) is 0. The first kappa shape index (κ1) is 19.2. The number of anilines is 1. The van der Waals surface area contributed by atoms with E-state index in [-0.39, 0.29) is 5.91 Å². The zero-order chi connectivity index (χ0) is 18.7. The van der Waals surface area contributed by atoms with Gasteiger partial charge in [-0.05, 0) is 44.1 Å². The van der Waals surface area contributed by atoms with Gasteiger partial charge in [-0.2, -0.15) is 5.10 Å². The summed E-state index contributed by atoms with van der Waals surface area (Å²) < 4.78 is 2.71. The van der Waals surface area contributed by atoms with E-state index in [2.05, 4.69) is 20.2 Å². The van der Waals surface area contributed by atoms with Crippen molar-refractivity contribution in [2.45, 2.75) is 27.4 Å². The second kappa shape index (κ2) is 8.39. The van der Waals surface area contributed by atoms with E-state index in [1.807, 2.05) is 43.7 Å². The summed E-state index contributed by atoms with van der Waals surface area (Å²) in [6.45, 7) is 10.7. The summed E-state index contributed by atoms with van der Waals surface area (Å²) in [6, 6.07) is 6.05. The second-order valence-corrected chi connectivity index (χ2v) is 8.56. The summed E-state index contributed by atoms with van der Waals surface area (Å²) in [5.41, 5.74) is 3.13. The Bertz CT molecular complexity index is 816. The van der Waals surface area contributed by atoms with Gasteiger partial charge < -0.3 is 5.32 Å². The fraction of sp³-hybridized carbons (Fsp3) is 0.500. The molecule has 2 heterocycles. The van der Waals surface area contributed by atoms with Gasteiger partial charge in [-0.15, -0.1) is 0 Å². The van der Waals surface area contributed by atoms with Crippen LogP contribution in [-0.2, 0) is 11.5 Å². The van der Waals surface area contributed by atoms with Gasteiger partial charge in [-0.3, -0.25) is 14.6 Å². The Labute approximate surface area is 163 Å². The van der Waals surface area contributed by atoms with Crippen LogP contribution in [0.25, 0.3) is 0 Å². The summed E-state index contributed by atoms with van der Waals surface area (Å²) in [7, 11) is 0. The second-order valence-electron chi connectivity index (χ2n) is 6.74. The minimum absolute atomic E-state index is 0.0493. The average molecular weight is 392 g/mol. The minimum atomic E-state index is 0.0493. The van der Waals surface area contributed by atoms with E-state index in [9.17, 15) is 4.79 Å². The normalized spacial score (nSPS) is 16.0. The molecule has 1 aromatic heterocycles. The highest BCUT2D eigenvalue weighted by Gasteiger charge is 2.20. The standard InChI is InChI=1S/C18H25N5OS2/c1-13-5-4-6-14(2)17(13)19-16(24)11-21-7-9-22(10-8-21)12-23-18(25)26-15(3)20-23/h4-6H,7-12H2,1-3H3,(H,19,24). The number of amides is 1. The van der Waals surface area contributed by atoms with E-state index in [1.165, 1.54) is 0 Å². The molecule has 0 unspecified atom stereocenters. The molecule has 0 bridgehead atoms. The molecule has 26 heavy (non-hydrogen) atoms. The number of para-hydroxylation sites is 1. The molecule has 2 aromatic rings. The summed E-state index contributed by atoms with van der Waals surface area (Å²) >= 11 is 6.88. The number of nitrogens with zero attached hydrogens (tertiary/aromatic N) is 4. The van der Waals surface area contributed by atoms with E-state index in [1.54, 1.807) is 11.3 Å². The molecule has 0 radical (unpaired) electrons. The molecule has 1 fully saturated rings. The molecule has 1 N–H and O–H groups in total. The van der Waals surface area contributed by atoms with Crippen molar-refractivity contribution < 1.29 is 4.79 Å². The molecule has 0 saturated carbocycles. The van der Waals surface area contributed by atoms with Crippen LogP contribution >= 0.6 is 23.6 Å². The summed E-state index contributed by atoms with van der Waals surface area (Å²) in [5.74, 6) is 0.0493. The highest BCUT2D eigenvalue weighted by Crippen LogP contribution is 2.19. The molecule has 8 heteroatoms. The highest BCUT2D eigenvalue weighted by atomic mass is 32.1. The number of piperazine rings is 1. The SMILES string of the molecule is Cc1nn(CN2CCN(CC(=O)Nc3c(C)cccc3C)CC2)c(=S)s1. The number of hydrogen-bond acceptors (Lipinski definition) is 6. The highest BCUT2D eigenvalue weighted by molar-refractivity contribution is 7.73. The van der Waals surface area contributed by atoms with Gasteiger partial charge in [0, 0.05) is 31.9 Å². The van der Waals surface area contributed by atoms with Crippen molar-refractivity contribution in [2.75, 3.05) is 38.0 Å². The third kappa shape index (κ3) is 4.76. The van der Waals surface area contributed by atoms with Crippen LogP contribution in [0.1, 0.15) is 16.1 Å². The molecular weight excluding hydrogens is 366 g/mol. The van der Waals surface area contributed by atoms with Crippen LogP contribution in [0.3, 0.4) is 0 Å². The Hall–Kier alpha value is -1.61. The predicted octanol–water partition coefficient (Wildman–Crippen LogP) is 2.81. The number of benzene rings is 1. The van der Waals surface area contributed by atoms with Crippen molar-refractivity contribution in [3.63, 3.8) is 0 Å². The number of nitrogens with one attached hydrogen (secondary N) is 1. The van der Waals surface area contributed by atoms with Crippen LogP contribution in [0.15, 0.2) is 18.2 Å². The molecule has 0 aliphatic carbocycles. The Kier molecular flexibility index (Phi) is 6.18. The van der Waals surface area contributed by atoms with E-state index in [0.29, 0.717) is 6.54 Å². The van der Waals surface area contributed by atoms with Crippen molar-refractivity contribution in [3.8, 4) is 0 Å². The zero-order valence-corrected chi connectivity index (χ0v) is 17.1. The molecule has 0 spiro atoms. The smallest absolute Gasteiger partial charge is 0.238 e. The predicted molar refractivity (Wildman–Crippen MR) is 108 cm³/mol. The topological polar surface area (TPSA) is 53.4 Å². The fourth-order valence-electron chi connectivity index (χ4n) is 3.17. The lowest BCUT2D eigenvalue weighted by Gasteiger charge is -2.34. The van der Waals surface area contributed by atoms with Crippen LogP contribution in [0.5, 0.6) is 0 Å². The van der Waals surface area contributed by atoms with E-state index in [4.69, 9.17) is 12.2 Å². The Balaban J connectivity index is 1.48. The first-order valence-corrected chi connectivity index (χ1v) is 10.00. The number of aryl methyl sites for hydroxylation is 3. The number of carbonyl (C=O) groups is 1. The molecule has 6 nitrogen and oxygen atoms in total. The first-order chi connectivity index (χ1) is 12.4. The maximum absolute atomic E-state index is 12.4. The van der Waals surface area contributed by atoms with Crippen molar-refractivity contribution in [2.24, 2.45) is 0 Å². The van der Waals surface area contributed by atoms with E-state index < -0.39 is 0 Å². The Morgan fingerprint density at radius 3 is 2.35 bits per heavy atom. The quantitative estimate of drug-likeness (QED) is 0.795. The van der Waals surface area contributed by atoms with Crippen LogP contribution in [0, 0.1) is 24.7 Å². The molecule has 1 saturated heterocycles. The Morgan fingerprint density at radius 2 is 1.77 bits per heavy atom. The molecular formula is C18H25N5OS2. The minimum Gasteiger partial charge on any atom is -0.324 e. The number of hydrogen-bond donors (Lipinski definition) is 1. The molecule has 140 valence electrons. The van der Waals surface area contributed by atoms with Crippen molar-refractivity contribution >= 4 is 35.1 Å².